The van der Waals surface area contributed by atoms with Crippen LogP contribution in [0.4, 0.5) is 0 Å². The van der Waals surface area contributed by atoms with Crippen molar-refractivity contribution in [3.63, 3.8) is 0 Å². The maximum absolute atomic E-state index is 12.0. The summed E-state index contributed by atoms with van der Waals surface area (Å²) in [7, 11) is 0. The van der Waals surface area contributed by atoms with Gasteiger partial charge in [-0.15, -0.1) is 0 Å². The molecule has 0 N–H and O–H groups in total. The maximum Gasteiger partial charge on any atom is 0.137 e. The minimum Gasteiger partial charge on any atom is -0.300 e. The molecule has 1 fully saturated rings. The van der Waals surface area contributed by atoms with Gasteiger partial charge in [-0.05, 0) is 39.2 Å². The minimum atomic E-state index is 0.309. The fraction of sp³-hybridized carbons (Fsp3) is 0.923. The van der Waals surface area contributed by atoms with Gasteiger partial charge in [0.05, 0.1) is 0 Å². The van der Waals surface area contributed by atoms with Gasteiger partial charge in [0, 0.05) is 24.9 Å². The Labute approximate surface area is 94.0 Å². The largest absolute Gasteiger partial charge is 0.300 e. The average molecular weight is 211 g/mol. The topological polar surface area (TPSA) is 20.3 Å². The second-order valence-corrected chi connectivity index (χ2v) is 5.49. The van der Waals surface area contributed by atoms with Crippen LogP contribution in [0.3, 0.4) is 0 Å². The third kappa shape index (κ3) is 3.94. The SMILES string of the molecule is CC(C)CC(=O)C1CCCN(C(C)C)C1. The van der Waals surface area contributed by atoms with Crippen LogP contribution in [0.1, 0.15) is 47.0 Å². The molecule has 1 aliphatic rings. The zero-order valence-electron chi connectivity index (χ0n) is 10.6. The van der Waals surface area contributed by atoms with E-state index < -0.39 is 0 Å². The normalized spacial score (nSPS) is 23.7. The Bertz CT molecular complexity index is 211. The minimum absolute atomic E-state index is 0.309. The van der Waals surface area contributed by atoms with Crippen molar-refractivity contribution in [3.8, 4) is 0 Å². The second kappa shape index (κ2) is 5.64. The van der Waals surface area contributed by atoms with Crippen molar-refractivity contribution < 1.29 is 4.79 Å². The van der Waals surface area contributed by atoms with Crippen molar-refractivity contribution in [2.24, 2.45) is 11.8 Å². The number of ketones is 1. The molecule has 0 saturated carbocycles. The van der Waals surface area contributed by atoms with E-state index in [9.17, 15) is 4.79 Å². The standard InChI is InChI=1S/C13H25NO/c1-10(2)8-13(15)12-6-5-7-14(9-12)11(3)4/h10-12H,5-9H2,1-4H3. The van der Waals surface area contributed by atoms with Gasteiger partial charge in [-0.25, -0.2) is 0 Å². The summed E-state index contributed by atoms with van der Waals surface area (Å²) in [6, 6.07) is 0.583. The quantitative estimate of drug-likeness (QED) is 0.712. The molecule has 2 heteroatoms. The highest BCUT2D eigenvalue weighted by Crippen LogP contribution is 2.21. The summed E-state index contributed by atoms with van der Waals surface area (Å²) in [6.07, 6.45) is 3.05. The summed E-state index contributed by atoms with van der Waals surface area (Å²) < 4.78 is 0. The van der Waals surface area contributed by atoms with E-state index in [1.807, 2.05) is 0 Å². The van der Waals surface area contributed by atoms with Gasteiger partial charge in [0.1, 0.15) is 5.78 Å². The molecule has 1 saturated heterocycles. The predicted molar refractivity (Wildman–Crippen MR) is 63.9 cm³/mol. The number of likely N-dealkylation sites (tertiary alicyclic amines) is 1. The van der Waals surface area contributed by atoms with Crippen LogP contribution < -0.4 is 0 Å². The lowest BCUT2D eigenvalue weighted by atomic mass is 9.89. The molecule has 88 valence electrons. The summed E-state index contributed by atoms with van der Waals surface area (Å²) in [5.74, 6) is 1.30. The highest BCUT2D eigenvalue weighted by atomic mass is 16.1. The zero-order valence-corrected chi connectivity index (χ0v) is 10.6. The van der Waals surface area contributed by atoms with E-state index in [1.54, 1.807) is 0 Å². The first kappa shape index (κ1) is 12.7. The Balaban J connectivity index is 2.45. The number of carbonyl (C=O) groups excluding carboxylic acids is 1. The molecule has 0 aromatic carbocycles. The smallest absolute Gasteiger partial charge is 0.137 e. The zero-order chi connectivity index (χ0) is 11.4. The lowest BCUT2D eigenvalue weighted by molar-refractivity contribution is -0.125. The van der Waals surface area contributed by atoms with Crippen LogP contribution >= 0.6 is 0 Å². The van der Waals surface area contributed by atoms with E-state index in [2.05, 4.69) is 32.6 Å². The van der Waals surface area contributed by atoms with Gasteiger partial charge in [0.2, 0.25) is 0 Å². The molecule has 0 aliphatic carbocycles. The molecule has 1 rings (SSSR count). The van der Waals surface area contributed by atoms with Crippen molar-refractivity contribution >= 4 is 5.78 Å². The number of carbonyl (C=O) groups is 1. The van der Waals surface area contributed by atoms with Crippen molar-refractivity contribution in [2.75, 3.05) is 13.1 Å². The molecule has 0 spiro atoms. The van der Waals surface area contributed by atoms with Crippen LogP contribution in [0, 0.1) is 11.8 Å². The lowest BCUT2D eigenvalue weighted by Gasteiger charge is -2.35. The van der Waals surface area contributed by atoms with Gasteiger partial charge >= 0.3 is 0 Å². The van der Waals surface area contributed by atoms with Gasteiger partial charge in [-0.3, -0.25) is 4.79 Å². The van der Waals surface area contributed by atoms with Gasteiger partial charge in [-0.1, -0.05) is 13.8 Å². The highest BCUT2D eigenvalue weighted by molar-refractivity contribution is 5.81. The Morgan fingerprint density at radius 1 is 1.33 bits per heavy atom. The molecule has 1 aliphatic heterocycles. The van der Waals surface area contributed by atoms with Crippen molar-refractivity contribution in [1.29, 1.82) is 0 Å². The first-order chi connectivity index (χ1) is 7.00. The fourth-order valence-electron chi connectivity index (χ4n) is 2.31. The molecule has 0 aromatic rings. The molecule has 0 aromatic heterocycles. The lowest BCUT2D eigenvalue weighted by Crippen LogP contribution is -2.42. The third-order valence-corrected chi connectivity index (χ3v) is 3.25. The summed E-state index contributed by atoms with van der Waals surface area (Å²) in [5, 5.41) is 0. The van der Waals surface area contributed by atoms with Gasteiger partial charge in [-0.2, -0.15) is 0 Å². The van der Waals surface area contributed by atoms with Crippen LogP contribution in [0.15, 0.2) is 0 Å². The number of hydrogen-bond acceptors (Lipinski definition) is 2. The first-order valence-electron chi connectivity index (χ1n) is 6.27. The summed E-state index contributed by atoms with van der Waals surface area (Å²) in [6.45, 7) is 10.8. The predicted octanol–water partition coefficient (Wildman–Crippen LogP) is 2.72. The van der Waals surface area contributed by atoms with E-state index in [0.29, 0.717) is 23.7 Å². The Morgan fingerprint density at radius 2 is 2.00 bits per heavy atom. The number of piperidine rings is 1. The Hall–Kier alpha value is -0.370. The van der Waals surface area contributed by atoms with E-state index in [-0.39, 0.29) is 0 Å². The van der Waals surface area contributed by atoms with Crippen LogP contribution in [0.25, 0.3) is 0 Å². The Morgan fingerprint density at radius 3 is 2.53 bits per heavy atom. The summed E-state index contributed by atoms with van der Waals surface area (Å²) in [5.41, 5.74) is 0. The van der Waals surface area contributed by atoms with E-state index in [1.165, 1.54) is 13.0 Å². The van der Waals surface area contributed by atoms with Gasteiger partial charge in [0.15, 0.2) is 0 Å². The molecular formula is C13H25NO. The molecular weight excluding hydrogens is 186 g/mol. The van der Waals surface area contributed by atoms with Crippen LogP contribution in [-0.4, -0.2) is 29.8 Å². The molecule has 2 nitrogen and oxygen atoms in total. The third-order valence-electron chi connectivity index (χ3n) is 3.25. The van der Waals surface area contributed by atoms with Gasteiger partial charge < -0.3 is 4.90 Å². The summed E-state index contributed by atoms with van der Waals surface area (Å²) >= 11 is 0. The molecule has 0 bridgehead atoms. The fourth-order valence-corrected chi connectivity index (χ4v) is 2.31. The van der Waals surface area contributed by atoms with Crippen LogP contribution in [0.2, 0.25) is 0 Å². The van der Waals surface area contributed by atoms with Gasteiger partial charge in [0.25, 0.3) is 0 Å². The molecule has 1 heterocycles. The van der Waals surface area contributed by atoms with Crippen molar-refractivity contribution in [3.05, 3.63) is 0 Å². The second-order valence-electron chi connectivity index (χ2n) is 5.49. The highest BCUT2D eigenvalue weighted by Gasteiger charge is 2.26. The number of Topliss-reactive ketones (excluding diaryl/α,β-unsaturated/α-hetero) is 1. The molecule has 1 atom stereocenters. The number of nitrogens with zero attached hydrogens (tertiary/aromatic N) is 1. The first-order valence-corrected chi connectivity index (χ1v) is 6.27. The molecule has 15 heavy (non-hydrogen) atoms. The number of hydrogen-bond donors (Lipinski definition) is 0. The van der Waals surface area contributed by atoms with Crippen LogP contribution in [0.5, 0.6) is 0 Å². The van der Waals surface area contributed by atoms with E-state index in [4.69, 9.17) is 0 Å². The number of rotatable bonds is 4. The van der Waals surface area contributed by atoms with Crippen molar-refractivity contribution in [1.82, 2.24) is 4.90 Å². The molecule has 0 amide bonds. The van der Waals surface area contributed by atoms with Crippen molar-refractivity contribution in [2.45, 2.75) is 53.0 Å². The van der Waals surface area contributed by atoms with Crippen LogP contribution in [-0.2, 0) is 4.79 Å². The summed E-state index contributed by atoms with van der Waals surface area (Å²) in [4.78, 5) is 14.4. The van der Waals surface area contributed by atoms with E-state index >= 15 is 0 Å². The molecule has 1 unspecified atom stereocenters. The Kier molecular flexibility index (Phi) is 4.78. The maximum atomic E-state index is 12.0. The average Bonchev–Trinajstić information content (AvgIpc) is 2.17. The van der Waals surface area contributed by atoms with E-state index in [0.717, 1.165) is 19.4 Å². The molecule has 0 radical (unpaired) electrons. The monoisotopic (exact) mass is 211 g/mol.